The SMILES string of the molecule is [2H]c1c(Cl)c([2H])c(Br)c(Cl)c1Cl. The Bertz CT molecular complexity index is 235. The molecule has 0 spiro atoms. The van der Waals surface area contributed by atoms with Crippen LogP contribution in [0, 0.1) is 0 Å². The second-order valence-corrected chi connectivity index (χ2v) is 3.43. The van der Waals surface area contributed by atoms with Crippen LogP contribution in [0.5, 0.6) is 0 Å². The Labute approximate surface area is 85.0 Å². The van der Waals surface area contributed by atoms with Gasteiger partial charge in [0.05, 0.1) is 12.8 Å². The van der Waals surface area contributed by atoms with E-state index in [1.165, 1.54) is 0 Å². The van der Waals surface area contributed by atoms with Crippen molar-refractivity contribution in [2.75, 3.05) is 0 Å². The quantitative estimate of drug-likeness (QED) is 0.480. The number of benzene rings is 1. The van der Waals surface area contributed by atoms with E-state index in [-0.39, 0.29) is 27.2 Å². The summed E-state index contributed by atoms with van der Waals surface area (Å²) in [4.78, 5) is 0. The molecule has 0 nitrogen and oxygen atoms in total. The lowest BCUT2D eigenvalue weighted by Crippen LogP contribution is -1.71. The van der Waals surface area contributed by atoms with Gasteiger partial charge in [-0.1, -0.05) is 34.8 Å². The lowest BCUT2D eigenvalue weighted by Gasteiger charge is -1.98. The van der Waals surface area contributed by atoms with Crippen LogP contribution in [-0.2, 0) is 0 Å². The molecule has 1 aromatic rings. The molecule has 54 valence electrons. The van der Waals surface area contributed by atoms with Crippen molar-refractivity contribution in [1.29, 1.82) is 0 Å². The maximum absolute atomic E-state index is 7.38. The Morgan fingerprint density at radius 3 is 2.50 bits per heavy atom. The van der Waals surface area contributed by atoms with Gasteiger partial charge in [0.25, 0.3) is 0 Å². The minimum atomic E-state index is -0.114. The summed E-state index contributed by atoms with van der Waals surface area (Å²) in [6.45, 7) is 0. The first-order valence-corrected chi connectivity index (χ1v) is 4.18. The molecule has 0 saturated heterocycles. The molecule has 4 heteroatoms. The van der Waals surface area contributed by atoms with Gasteiger partial charge in [-0.3, -0.25) is 0 Å². The van der Waals surface area contributed by atoms with Gasteiger partial charge in [0.15, 0.2) is 0 Å². The van der Waals surface area contributed by atoms with Crippen molar-refractivity contribution in [3.8, 4) is 0 Å². The van der Waals surface area contributed by atoms with Crippen molar-refractivity contribution in [3.05, 3.63) is 31.6 Å². The largest absolute Gasteiger partial charge is 0.0842 e. The van der Waals surface area contributed by atoms with E-state index in [9.17, 15) is 0 Å². The van der Waals surface area contributed by atoms with E-state index in [0.717, 1.165) is 0 Å². The maximum atomic E-state index is 7.38. The summed E-state index contributed by atoms with van der Waals surface area (Å²) in [5.41, 5.74) is 0. The summed E-state index contributed by atoms with van der Waals surface area (Å²) < 4.78 is 15.0. The van der Waals surface area contributed by atoms with Gasteiger partial charge in [0.1, 0.15) is 0 Å². The van der Waals surface area contributed by atoms with Crippen molar-refractivity contribution in [2.45, 2.75) is 0 Å². The van der Waals surface area contributed by atoms with Crippen LogP contribution >= 0.6 is 50.7 Å². The summed E-state index contributed by atoms with van der Waals surface area (Å²) in [6.07, 6.45) is 0. The van der Waals surface area contributed by atoms with Crippen LogP contribution in [0.25, 0.3) is 0 Å². The molecular weight excluding hydrogens is 258 g/mol. The summed E-state index contributed by atoms with van der Waals surface area (Å²) >= 11 is 20.0. The third-order valence-electron chi connectivity index (χ3n) is 0.824. The molecule has 0 unspecified atom stereocenters. The van der Waals surface area contributed by atoms with E-state index in [0.29, 0.717) is 4.47 Å². The van der Waals surface area contributed by atoms with Crippen LogP contribution in [0.1, 0.15) is 2.74 Å². The molecule has 0 N–H and O–H groups in total. The third kappa shape index (κ3) is 1.79. The zero-order valence-electron chi connectivity index (χ0n) is 6.51. The minimum Gasteiger partial charge on any atom is -0.0842 e. The first-order chi connectivity index (χ1) is 5.46. The molecule has 1 rings (SSSR count). The molecule has 0 radical (unpaired) electrons. The predicted molar refractivity (Wildman–Crippen MR) is 49.2 cm³/mol. The molecule has 0 amide bonds. The summed E-state index contributed by atoms with van der Waals surface area (Å²) in [7, 11) is 0. The topological polar surface area (TPSA) is 0 Å². The highest BCUT2D eigenvalue weighted by Crippen LogP contribution is 2.32. The van der Waals surface area contributed by atoms with Gasteiger partial charge in [-0.25, -0.2) is 0 Å². The van der Waals surface area contributed by atoms with Gasteiger partial charge in [-0.05, 0) is 28.0 Å². The molecule has 0 saturated carbocycles. The van der Waals surface area contributed by atoms with Crippen LogP contribution in [0.15, 0.2) is 16.6 Å². The van der Waals surface area contributed by atoms with Crippen LogP contribution in [-0.4, -0.2) is 0 Å². The van der Waals surface area contributed by atoms with Crippen LogP contribution in [0.4, 0.5) is 0 Å². The highest BCUT2D eigenvalue weighted by molar-refractivity contribution is 9.10. The highest BCUT2D eigenvalue weighted by atomic mass is 79.9. The minimum absolute atomic E-state index is 0.00345. The summed E-state index contributed by atoms with van der Waals surface area (Å²) in [5.74, 6) is 0. The van der Waals surface area contributed by atoms with Crippen LogP contribution < -0.4 is 0 Å². The van der Waals surface area contributed by atoms with Crippen molar-refractivity contribution < 1.29 is 2.74 Å². The molecule has 0 aliphatic rings. The Balaban J connectivity index is 3.60. The summed E-state index contributed by atoms with van der Waals surface area (Å²) in [5, 5.41) is 0.205. The van der Waals surface area contributed by atoms with Crippen LogP contribution in [0.2, 0.25) is 15.1 Å². The molecule has 0 aromatic heterocycles. The Hall–Kier alpha value is 0.570. The van der Waals surface area contributed by atoms with E-state index >= 15 is 0 Å². The van der Waals surface area contributed by atoms with Gasteiger partial charge in [0, 0.05) is 9.50 Å². The first-order valence-electron chi connectivity index (χ1n) is 3.26. The normalized spacial score (nSPS) is 12.8. The lowest BCUT2D eigenvalue weighted by atomic mass is 10.4. The maximum Gasteiger partial charge on any atom is 0.0735 e. The number of hydrogen-bond donors (Lipinski definition) is 0. The van der Waals surface area contributed by atoms with Gasteiger partial charge >= 0.3 is 0 Å². The van der Waals surface area contributed by atoms with Gasteiger partial charge in [-0.2, -0.15) is 0 Å². The van der Waals surface area contributed by atoms with Crippen molar-refractivity contribution in [3.63, 3.8) is 0 Å². The predicted octanol–water partition coefficient (Wildman–Crippen LogP) is 4.41. The molecule has 0 fully saturated rings. The third-order valence-corrected chi connectivity index (χ3v) is 2.59. The average molecular weight is 262 g/mol. The molecule has 1 aromatic carbocycles. The van der Waals surface area contributed by atoms with Gasteiger partial charge in [0.2, 0.25) is 0 Å². The molecular formula is C6H2BrCl3. The number of rotatable bonds is 0. The summed E-state index contributed by atoms with van der Waals surface area (Å²) in [6, 6.07) is -0.132. The van der Waals surface area contributed by atoms with E-state index in [1.807, 2.05) is 0 Å². The van der Waals surface area contributed by atoms with E-state index in [4.69, 9.17) is 37.5 Å². The Morgan fingerprint density at radius 1 is 1.30 bits per heavy atom. The Morgan fingerprint density at radius 2 is 1.90 bits per heavy atom. The van der Waals surface area contributed by atoms with Crippen LogP contribution in [0.3, 0.4) is 0 Å². The smallest absolute Gasteiger partial charge is 0.0735 e. The lowest BCUT2D eigenvalue weighted by molar-refractivity contribution is 1.65. The molecule has 0 aliphatic carbocycles. The van der Waals surface area contributed by atoms with Crippen molar-refractivity contribution in [2.24, 2.45) is 0 Å². The molecule has 0 aliphatic heterocycles. The number of hydrogen-bond acceptors (Lipinski definition) is 0. The fourth-order valence-corrected chi connectivity index (χ4v) is 1.58. The second-order valence-electron chi connectivity index (χ2n) is 1.51. The van der Waals surface area contributed by atoms with Crippen molar-refractivity contribution >= 4 is 50.7 Å². The molecule has 0 atom stereocenters. The van der Waals surface area contributed by atoms with E-state index in [2.05, 4.69) is 15.9 Å². The van der Waals surface area contributed by atoms with E-state index < -0.39 is 0 Å². The number of halogens is 4. The molecule has 10 heavy (non-hydrogen) atoms. The standard InChI is InChI=1S/C6H2BrCl3/c7-4-1-3(8)2-5(9)6(4)10/h1-2H/i1D,2D. The molecule has 0 bridgehead atoms. The van der Waals surface area contributed by atoms with Gasteiger partial charge < -0.3 is 0 Å². The van der Waals surface area contributed by atoms with Gasteiger partial charge in [-0.15, -0.1) is 0 Å². The van der Waals surface area contributed by atoms with Crippen molar-refractivity contribution in [1.82, 2.24) is 0 Å². The fraction of sp³-hybridized carbons (Fsp3) is 0. The highest BCUT2D eigenvalue weighted by Gasteiger charge is 2.02. The monoisotopic (exact) mass is 260 g/mol. The first kappa shape index (κ1) is 6.13. The molecule has 0 heterocycles. The average Bonchev–Trinajstić information content (AvgIpc) is 2.08. The zero-order chi connectivity index (χ0) is 9.46. The fourth-order valence-electron chi connectivity index (χ4n) is 0.430. The van der Waals surface area contributed by atoms with E-state index in [1.54, 1.807) is 0 Å². The second kappa shape index (κ2) is 3.31. The zero-order valence-corrected chi connectivity index (χ0v) is 8.37. The Kier molecular flexibility index (Phi) is 2.03.